The Labute approximate surface area is 61.9 Å². The molecule has 1 rings (SSSR count). The van der Waals surface area contributed by atoms with Gasteiger partial charge in [-0.3, -0.25) is 0 Å². The summed E-state index contributed by atoms with van der Waals surface area (Å²) in [7, 11) is 0. The molecular formula is C8H13Cl. The lowest BCUT2D eigenvalue weighted by Gasteiger charge is -2.19. The molecule has 1 aliphatic carbocycles. The van der Waals surface area contributed by atoms with Crippen molar-refractivity contribution in [2.45, 2.75) is 32.1 Å². The molecule has 0 nitrogen and oxygen atoms in total. The van der Waals surface area contributed by atoms with Gasteiger partial charge in [-0.25, -0.2) is 0 Å². The lowest BCUT2D eigenvalue weighted by molar-refractivity contribution is 0.575. The second-order valence-corrected chi connectivity index (χ2v) is 3.64. The zero-order valence-electron chi connectivity index (χ0n) is 6.02. The monoisotopic (exact) mass is 144 g/mol. The molecule has 0 amide bonds. The molecule has 0 saturated heterocycles. The van der Waals surface area contributed by atoms with Gasteiger partial charge in [0, 0.05) is 5.38 Å². The maximum Gasteiger partial charge on any atom is 0.0378 e. The molecule has 0 bridgehead atoms. The summed E-state index contributed by atoms with van der Waals surface area (Å²) < 4.78 is 0. The van der Waals surface area contributed by atoms with E-state index in [9.17, 15) is 0 Å². The van der Waals surface area contributed by atoms with Crippen molar-refractivity contribution in [1.82, 2.24) is 0 Å². The van der Waals surface area contributed by atoms with Crippen molar-refractivity contribution in [2.24, 2.45) is 5.92 Å². The SMILES string of the molecule is CC1=CC(C)CC(Cl)C1. The lowest BCUT2D eigenvalue weighted by Crippen LogP contribution is -2.10. The van der Waals surface area contributed by atoms with Gasteiger partial charge in [0.15, 0.2) is 0 Å². The van der Waals surface area contributed by atoms with Gasteiger partial charge in [0.1, 0.15) is 0 Å². The minimum atomic E-state index is 0.394. The van der Waals surface area contributed by atoms with E-state index in [1.54, 1.807) is 0 Å². The second kappa shape index (κ2) is 2.74. The van der Waals surface area contributed by atoms with Crippen LogP contribution in [0.2, 0.25) is 0 Å². The smallest absolute Gasteiger partial charge is 0.0378 e. The molecule has 2 unspecified atom stereocenters. The van der Waals surface area contributed by atoms with Crippen LogP contribution in [0.25, 0.3) is 0 Å². The third-order valence-corrected chi connectivity index (χ3v) is 2.07. The van der Waals surface area contributed by atoms with Gasteiger partial charge in [0.05, 0.1) is 0 Å². The van der Waals surface area contributed by atoms with Gasteiger partial charge >= 0.3 is 0 Å². The van der Waals surface area contributed by atoms with Crippen LogP contribution in [0.4, 0.5) is 0 Å². The molecule has 0 radical (unpaired) electrons. The Bertz CT molecular complexity index is 127. The molecule has 2 atom stereocenters. The summed E-state index contributed by atoms with van der Waals surface area (Å²) in [5, 5.41) is 0.394. The van der Waals surface area contributed by atoms with E-state index < -0.39 is 0 Å². The van der Waals surface area contributed by atoms with Gasteiger partial charge in [-0.1, -0.05) is 18.6 Å². The van der Waals surface area contributed by atoms with E-state index in [0.717, 1.165) is 12.8 Å². The van der Waals surface area contributed by atoms with E-state index in [0.29, 0.717) is 11.3 Å². The van der Waals surface area contributed by atoms with Crippen LogP contribution in [-0.2, 0) is 0 Å². The fourth-order valence-electron chi connectivity index (χ4n) is 1.46. The molecule has 0 aromatic heterocycles. The second-order valence-electron chi connectivity index (χ2n) is 3.03. The fraction of sp³-hybridized carbons (Fsp3) is 0.750. The standard InChI is InChI=1S/C8H13Cl/c1-6-3-7(2)5-8(9)4-6/h3,6,8H,4-5H2,1-2H3. The molecule has 0 saturated carbocycles. The third-order valence-electron chi connectivity index (χ3n) is 1.74. The van der Waals surface area contributed by atoms with E-state index in [1.165, 1.54) is 5.57 Å². The molecule has 52 valence electrons. The van der Waals surface area contributed by atoms with Crippen molar-refractivity contribution in [3.8, 4) is 0 Å². The number of allylic oxidation sites excluding steroid dienone is 2. The maximum atomic E-state index is 5.97. The average molecular weight is 145 g/mol. The van der Waals surface area contributed by atoms with Gasteiger partial charge in [0.2, 0.25) is 0 Å². The van der Waals surface area contributed by atoms with E-state index in [2.05, 4.69) is 19.9 Å². The third kappa shape index (κ3) is 2.02. The summed E-state index contributed by atoms with van der Waals surface area (Å²) in [6.45, 7) is 4.38. The summed E-state index contributed by atoms with van der Waals surface area (Å²) >= 11 is 5.97. The van der Waals surface area contributed by atoms with Crippen LogP contribution in [0, 0.1) is 5.92 Å². The highest BCUT2D eigenvalue weighted by molar-refractivity contribution is 6.20. The van der Waals surface area contributed by atoms with Crippen LogP contribution in [0.5, 0.6) is 0 Å². The van der Waals surface area contributed by atoms with Crippen LogP contribution >= 0.6 is 11.6 Å². The van der Waals surface area contributed by atoms with Gasteiger partial charge < -0.3 is 0 Å². The summed E-state index contributed by atoms with van der Waals surface area (Å²) in [6, 6.07) is 0. The van der Waals surface area contributed by atoms with Crippen LogP contribution < -0.4 is 0 Å². The van der Waals surface area contributed by atoms with Crippen molar-refractivity contribution >= 4 is 11.6 Å². The number of rotatable bonds is 0. The Balaban J connectivity index is 2.56. The zero-order chi connectivity index (χ0) is 6.85. The molecule has 0 aromatic rings. The maximum absolute atomic E-state index is 5.97. The predicted octanol–water partition coefficient (Wildman–Crippen LogP) is 2.97. The molecule has 0 spiro atoms. The van der Waals surface area contributed by atoms with Crippen molar-refractivity contribution in [3.63, 3.8) is 0 Å². The number of alkyl halides is 1. The van der Waals surface area contributed by atoms with Crippen molar-refractivity contribution in [3.05, 3.63) is 11.6 Å². The molecule has 1 aliphatic rings. The largest absolute Gasteiger partial charge is 0.123 e. The van der Waals surface area contributed by atoms with Crippen LogP contribution in [0.1, 0.15) is 26.7 Å². The van der Waals surface area contributed by atoms with Gasteiger partial charge in [-0.2, -0.15) is 0 Å². The minimum absolute atomic E-state index is 0.394. The lowest BCUT2D eigenvalue weighted by atomic mass is 9.92. The summed E-state index contributed by atoms with van der Waals surface area (Å²) in [4.78, 5) is 0. The van der Waals surface area contributed by atoms with Crippen molar-refractivity contribution in [1.29, 1.82) is 0 Å². The quantitative estimate of drug-likeness (QED) is 0.362. The van der Waals surface area contributed by atoms with E-state index in [4.69, 9.17) is 11.6 Å². The molecule has 1 heteroatoms. The summed E-state index contributed by atoms with van der Waals surface area (Å²) in [5.41, 5.74) is 1.45. The summed E-state index contributed by atoms with van der Waals surface area (Å²) in [5.74, 6) is 0.696. The Morgan fingerprint density at radius 2 is 2.33 bits per heavy atom. The van der Waals surface area contributed by atoms with E-state index >= 15 is 0 Å². The van der Waals surface area contributed by atoms with Crippen LogP contribution in [-0.4, -0.2) is 5.38 Å². The fourth-order valence-corrected chi connectivity index (χ4v) is 1.98. The first-order valence-corrected chi connectivity index (χ1v) is 3.93. The predicted molar refractivity (Wildman–Crippen MR) is 41.8 cm³/mol. The summed E-state index contributed by atoms with van der Waals surface area (Å²) in [6.07, 6.45) is 4.56. The molecule has 0 heterocycles. The minimum Gasteiger partial charge on any atom is -0.123 e. The van der Waals surface area contributed by atoms with Crippen LogP contribution in [0.15, 0.2) is 11.6 Å². The highest BCUT2D eigenvalue weighted by Crippen LogP contribution is 2.25. The van der Waals surface area contributed by atoms with Gasteiger partial charge in [0.25, 0.3) is 0 Å². The van der Waals surface area contributed by atoms with E-state index in [1.807, 2.05) is 0 Å². The molecule has 0 fully saturated rings. The zero-order valence-corrected chi connectivity index (χ0v) is 6.78. The first-order valence-electron chi connectivity index (χ1n) is 3.50. The van der Waals surface area contributed by atoms with E-state index in [-0.39, 0.29) is 0 Å². The number of hydrogen-bond donors (Lipinski definition) is 0. The topological polar surface area (TPSA) is 0 Å². The van der Waals surface area contributed by atoms with Crippen molar-refractivity contribution in [2.75, 3.05) is 0 Å². The Morgan fingerprint density at radius 3 is 2.78 bits per heavy atom. The Morgan fingerprint density at radius 1 is 1.67 bits per heavy atom. The highest BCUT2D eigenvalue weighted by Gasteiger charge is 2.14. The normalized spacial score (nSPS) is 36.1. The highest BCUT2D eigenvalue weighted by atomic mass is 35.5. The molecule has 0 aromatic carbocycles. The van der Waals surface area contributed by atoms with Crippen molar-refractivity contribution < 1.29 is 0 Å². The van der Waals surface area contributed by atoms with Crippen LogP contribution in [0.3, 0.4) is 0 Å². The number of halogens is 1. The molecule has 9 heavy (non-hydrogen) atoms. The number of hydrogen-bond acceptors (Lipinski definition) is 0. The Hall–Kier alpha value is 0.0300. The van der Waals surface area contributed by atoms with Gasteiger partial charge in [-0.05, 0) is 25.7 Å². The molecular weight excluding hydrogens is 132 g/mol. The molecule has 0 N–H and O–H groups in total. The molecule has 0 aliphatic heterocycles. The average Bonchev–Trinajstić information content (AvgIpc) is 1.59. The first-order chi connectivity index (χ1) is 4.18. The Kier molecular flexibility index (Phi) is 2.18. The van der Waals surface area contributed by atoms with Gasteiger partial charge in [-0.15, -0.1) is 11.6 Å². The first kappa shape index (κ1) is 7.14.